The van der Waals surface area contributed by atoms with Crippen molar-refractivity contribution in [2.45, 2.75) is 45.6 Å². The summed E-state index contributed by atoms with van der Waals surface area (Å²) in [5, 5.41) is 9.33. The third kappa shape index (κ3) is 3.68. The average Bonchev–Trinajstić information content (AvgIpc) is 3.11. The summed E-state index contributed by atoms with van der Waals surface area (Å²) in [7, 11) is 0. The number of nitrogens with zero attached hydrogens (tertiary/aromatic N) is 1. The van der Waals surface area contributed by atoms with Crippen LogP contribution in [0.15, 0.2) is 0 Å². The molecule has 2 atom stereocenters. The Hall–Kier alpha value is -0.610. The number of carboxylic acids is 1. The van der Waals surface area contributed by atoms with Gasteiger partial charge in [0.05, 0.1) is 0 Å². The minimum absolute atomic E-state index is 0.172. The van der Waals surface area contributed by atoms with E-state index in [1.807, 2.05) is 0 Å². The molecular weight excluding hydrogens is 216 g/mol. The minimum atomic E-state index is -1.04. The standard InChI is InChI=1S/C13H26N2O2/c1-4-10(3)8-15(5-2)9-13(14,12(16)17)11-6-7-11/h10-11H,4-9,14H2,1-3H3,(H,16,17). The van der Waals surface area contributed by atoms with Crippen molar-refractivity contribution in [1.82, 2.24) is 4.90 Å². The molecule has 1 fully saturated rings. The van der Waals surface area contributed by atoms with Crippen molar-refractivity contribution in [3.05, 3.63) is 0 Å². The Labute approximate surface area is 104 Å². The summed E-state index contributed by atoms with van der Waals surface area (Å²) in [5.41, 5.74) is 5.06. The van der Waals surface area contributed by atoms with Gasteiger partial charge in [0.2, 0.25) is 0 Å². The second kappa shape index (κ2) is 5.83. The molecule has 1 saturated carbocycles. The van der Waals surface area contributed by atoms with Crippen molar-refractivity contribution in [2.75, 3.05) is 19.6 Å². The smallest absolute Gasteiger partial charge is 0.325 e. The number of hydrogen-bond donors (Lipinski definition) is 2. The van der Waals surface area contributed by atoms with Gasteiger partial charge in [-0.3, -0.25) is 4.79 Å². The third-order valence-electron chi connectivity index (χ3n) is 3.90. The molecule has 0 aromatic carbocycles. The lowest BCUT2D eigenvalue weighted by molar-refractivity contribution is -0.145. The van der Waals surface area contributed by atoms with E-state index in [2.05, 4.69) is 25.7 Å². The van der Waals surface area contributed by atoms with E-state index in [1.54, 1.807) is 0 Å². The molecule has 3 N–H and O–H groups in total. The van der Waals surface area contributed by atoms with E-state index in [-0.39, 0.29) is 5.92 Å². The van der Waals surface area contributed by atoms with Crippen molar-refractivity contribution in [3.8, 4) is 0 Å². The Morgan fingerprint density at radius 1 is 1.53 bits per heavy atom. The van der Waals surface area contributed by atoms with Crippen LogP contribution in [-0.2, 0) is 4.79 Å². The summed E-state index contributed by atoms with van der Waals surface area (Å²) in [4.78, 5) is 13.5. The third-order valence-corrected chi connectivity index (χ3v) is 3.90. The van der Waals surface area contributed by atoms with Crippen LogP contribution in [0, 0.1) is 11.8 Å². The Kier molecular flexibility index (Phi) is 4.95. The Bertz CT molecular complexity index is 266. The van der Waals surface area contributed by atoms with Crippen molar-refractivity contribution in [3.63, 3.8) is 0 Å². The molecule has 0 saturated heterocycles. The van der Waals surface area contributed by atoms with Crippen LogP contribution in [0.1, 0.15) is 40.0 Å². The largest absolute Gasteiger partial charge is 0.480 e. The van der Waals surface area contributed by atoms with Gasteiger partial charge >= 0.3 is 5.97 Å². The van der Waals surface area contributed by atoms with Crippen LogP contribution in [0.3, 0.4) is 0 Å². The van der Waals surface area contributed by atoms with E-state index < -0.39 is 11.5 Å². The highest BCUT2D eigenvalue weighted by Gasteiger charge is 2.48. The van der Waals surface area contributed by atoms with Crippen LogP contribution in [0.5, 0.6) is 0 Å². The van der Waals surface area contributed by atoms with Gasteiger partial charge in [0.25, 0.3) is 0 Å². The normalized spacial score (nSPS) is 21.2. The lowest BCUT2D eigenvalue weighted by Crippen LogP contribution is -2.58. The molecule has 4 nitrogen and oxygen atoms in total. The number of rotatable bonds is 8. The van der Waals surface area contributed by atoms with Gasteiger partial charge in [-0.25, -0.2) is 0 Å². The zero-order valence-corrected chi connectivity index (χ0v) is 11.3. The predicted molar refractivity (Wildman–Crippen MR) is 68.8 cm³/mol. The van der Waals surface area contributed by atoms with Gasteiger partial charge in [-0.2, -0.15) is 0 Å². The highest BCUT2D eigenvalue weighted by atomic mass is 16.4. The van der Waals surface area contributed by atoms with Gasteiger partial charge in [-0.05, 0) is 31.2 Å². The van der Waals surface area contributed by atoms with Gasteiger partial charge in [0.15, 0.2) is 0 Å². The molecule has 1 rings (SSSR count). The molecule has 0 heterocycles. The van der Waals surface area contributed by atoms with Gasteiger partial charge in [-0.15, -0.1) is 0 Å². The predicted octanol–water partition coefficient (Wildman–Crippen LogP) is 1.55. The average molecular weight is 242 g/mol. The first-order chi connectivity index (χ1) is 7.93. The van der Waals surface area contributed by atoms with Crippen molar-refractivity contribution < 1.29 is 9.90 Å². The lowest BCUT2D eigenvalue weighted by Gasteiger charge is -2.33. The molecule has 0 aliphatic heterocycles. The monoisotopic (exact) mass is 242 g/mol. The second-order valence-electron chi connectivity index (χ2n) is 5.46. The van der Waals surface area contributed by atoms with Crippen molar-refractivity contribution in [2.24, 2.45) is 17.6 Å². The van der Waals surface area contributed by atoms with Crippen LogP contribution < -0.4 is 5.73 Å². The van der Waals surface area contributed by atoms with Gasteiger partial charge in [-0.1, -0.05) is 27.2 Å². The minimum Gasteiger partial charge on any atom is -0.480 e. The molecule has 0 spiro atoms. The van der Waals surface area contributed by atoms with Crippen LogP contribution in [-0.4, -0.2) is 41.1 Å². The molecular formula is C13H26N2O2. The maximum atomic E-state index is 11.4. The van der Waals surface area contributed by atoms with E-state index in [1.165, 1.54) is 0 Å². The van der Waals surface area contributed by atoms with Crippen LogP contribution in [0.4, 0.5) is 0 Å². The molecule has 0 amide bonds. The summed E-state index contributed by atoms with van der Waals surface area (Å²) in [6.07, 6.45) is 3.04. The van der Waals surface area contributed by atoms with Gasteiger partial charge in [0.1, 0.15) is 5.54 Å². The first-order valence-corrected chi connectivity index (χ1v) is 6.68. The molecule has 2 unspecified atom stereocenters. The maximum Gasteiger partial charge on any atom is 0.325 e. The number of likely N-dealkylation sites (N-methyl/N-ethyl adjacent to an activating group) is 1. The first-order valence-electron chi connectivity index (χ1n) is 6.68. The maximum absolute atomic E-state index is 11.4. The quantitative estimate of drug-likeness (QED) is 0.677. The zero-order chi connectivity index (χ0) is 13.1. The Morgan fingerprint density at radius 2 is 2.12 bits per heavy atom. The van der Waals surface area contributed by atoms with Crippen molar-refractivity contribution in [1.29, 1.82) is 0 Å². The number of carboxylic acid groups (broad SMARTS) is 1. The van der Waals surface area contributed by atoms with E-state index in [0.717, 1.165) is 32.4 Å². The van der Waals surface area contributed by atoms with E-state index >= 15 is 0 Å². The van der Waals surface area contributed by atoms with Gasteiger partial charge in [0, 0.05) is 13.1 Å². The molecule has 17 heavy (non-hydrogen) atoms. The molecule has 100 valence electrons. The van der Waals surface area contributed by atoms with Gasteiger partial charge < -0.3 is 15.7 Å². The number of nitrogens with two attached hydrogens (primary N) is 1. The number of hydrogen-bond acceptors (Lipinski definition) is 3. The summed E-state index contributed by atoms with van der Waals surface area (Å²) >= 11 is 0. The zero-order valence-electron chi connectivity index (χ0n) is 11.3. The first kappa shape index (κ1) is 14.5. The molecule has 0 aromatic heterocycles. The summed E-state index contributed by atoms with van der Waals surface area (Å²) in [5.74, 6) is -0.0826. The van der Waals surface area contributed by atoms with E-state index in [4.69, 9.17) is 5.73 Å². The molecule has 0 bridgehead atoms. The highest BCUT2D eigenvalue weighted by Crippen LogP contribution is 2.39. The van der Waals surface area contributed by atoms with Crippen molar-refractivity contribution >= 4 is 5.97 Å². The van der Waals surface area contributed by atoms with Crippen LogP contribution in [0.25, 0.3) is 0 Å². The summed E-state index contributed by atoms with van der Waals surface area (Å²) in [6.45, 7) is 8.70. The lowest BCUT2D eigenvalue weighted by atomic mass is 9.93. The topological polar surface area (TPSA) is 66.6 Å². The Balaban J connectivity index is 2.61. The SMILES string of the molecule is CCC(C)CN(CC)CC(N)(C(=O)O)C1CC1. The summed E-state index contributed by atoms with van der Waals surface area (Å²) < 4.78 is 0. The molecule has 0 radical (unpaired) electrons. The fourth-order valence-corrected chi connectivity index (χ4v) is 2.22. The highest BCUT2D eigenvalue weighted by molar-refractivity contribution is 5.79. The molecule has 1 aliphatic rings. The number of carbonyl (C=O) groups is 1. The fourth-order valence-electron chi connectivity index (χ4n) is 2.22. The molecule has 4 heteroatoms. The molecule has 1 aliphatic carbocycles. The fraction of sp³-hybridized carbons (Fsp3) is 0.923. The van der Waals surface area contributed by atoms with E-state index in [0.29, 0.717) is 12.5 Å². The van der Waals surface area contributed by atoms with Crippen LogP contribution >= 0.6 is 0 Å². The second-order valence-corrected chi connectivity index (χ2v) is 5.46. The molecule has 0 aromatic rings. The number of aliphatic carboxylic acids is 1. The van der Waals surface area contributed by atoms with E-state index in [9.17, 15) is 9.90 Å². The van der Waals surface area contributed by atoms with Crippen LogP contribution in [0.2, 0.25) is 0 Å². The summed E-state index contributed by atoms with van der Waals surface area (Å²) in [6, 6.07) is 0. The Morgan fingerprint density at radius 3 is 2.47 bits per heavy atom.